The van der Waals surface area contributed by atoms with Gasteiger partial charge >= 0.3 is 6.01 Å². The van der Waals surface area contributed by atoms with E-state index in [-0.39, 0.29) is 23.4 Å². The highest BCUT2D eigenvalue weighted by Gasteiger charge is 2.15. The topological polar surface area (TPSA) is 77.0 Å². The third-order valence-corrected chi connectivity index (χ3v) is 3.42. The number of aryl methyl sites for hydroxylation is 2. The van der Waals surface area contributed by atoms with E-state index >= 15 is 0 Å². The second kappa shape index (κ2) is 7.04. The third-order valence-electron chi connectivity index (χ3n) is 3.42. The van der Waals surface area contributed by atoms with Gasteiger partial charge in [-0.1, -0.05) is 18.2 Å². The van der Waals surface area contributed by atoms with Crippen LogP contribution in [0.2, 0.25) is 0 Å². The SMILES string of the molecule is Cc1nc(Oc2ccccc2F)nc(C)c1NC(=O)c1ccccn1. The Labute approximate surface area is 143 Å². The number of amides is 1. The summed E-state index contributed by atoms with van der Waals surface area (Å²) < 4.78 is 19.1. The largest absolute Gasteiger partial charge is 0.421 e. The van der Waals surface area contributed by atoms with E-state index in [2.05, 4.69) is 20.3 Å². The summed E-state index contributed by atoms with van der Waals surface area (Å²) in [4.78, 5) is 24.6. The number of hydrogen-bond acceptors (Lipinski definition) is 5. The standard InChI is InChI=1S/C18H15FN4O2/c1-11-16(23-17(24)14-8-5-6-10-20-14)12(2)22-18(21-11)25-15-9-4-3-7-13(15)19/h3-10H,1-2H3,(H,23,24). The fourth-order valence-corrected chi connectivity index (χ4v) is 2.21. The second-order valence-electron chi connectivity index (χ2n) is 5.25. The summed E-state index contributed by atoms with van der Waals surface area (Å²) in [6.07, 6.45) is 1.54. The maximum atomic E-state index is 13.7. The number of para-hydroxylation sites is 1. The van der Waals surface area contributed by atoms with Crippen molar-refractivity contribution in [1.82, 2.24) is 15.0 Å². The van der Waals surface area contributed by atoms with Crippen LogP contribution in [0.5, 0.6) is 11.8 Å². The number of pyridine rings is 1. The van der Waals surface area contributed by atoms with E-state index in [1.54, 1.807) is 44.2 Å². The second-order valence-corrected chi connectivity index (χ2v) is 5.25. The summed E-state index contributed by atoms with van der Waals surface area (Å²) in [6, 6.07) is 11.1. The molecule has 0 aliphatic rings. The number of aromatic nitrogens is 3. The number of nitrogens with zero attached hydrogens (tertiary/aromatic N) is 3. The molecule has 1 aromatic carbocycles. The Hall–Kier alpha value is -3.35. The molecule has 2 heterocycles. The van der Waals surface area contributed by atoms with Gasteiger partial charge in [-0.05, 0) is 38.1 Å². The average Bonchev–Trinajstić information content (AvgIpc) is 2.61. The molecule has 0 unspecified atom stereocenters. The maximum absolute atomic E-state index is 13.7. The van der Waals surface area contributed by atoms with Crippen LogP contribution in [0.3, 0.4) is 0 Å². The van der Waals surface area contributed by atoms with E-state index in [1.807, 2.05) is 0 Å². The van der Waals surface area contributed by atoms with Crippen molar-refractivity contribution in [3.8, 4) is 11.8 Å². The minimum absolute atomic E-state index is 0.0101. The first kappa shape index (κ1) is 16.5. The molecular weight excluding hydrogens is 323 g/mol. The number of hydrogen-bond donors (Lipinski definition) is 1. The first-order chi connectivity index (χ1) is 12.0. The van der Waals surface area contributed by atoms with Gasteiger partial charge in [-0.25, -0.2) is 4.39 Å². The highest BCUT2D eigenvalue weighted by Crippen LogP contribution is 2.25. The van der Waals surface area contributed by atoms with Crippen LogP contribution in [0.4, 0.5) is 10.1 Å². The normalized spacial score (nSPS) is 10.4. The number of ether oxygens (including phenoxy) is 1. The van der Waals surface area contributed by atoms with Crippen LogP contribution in [0.25, 0.3) is 0 Å². The van der Waals surface area contributed by atoms with Crippen molar-refractivity contribution in [1.29, 1.82) is 0 Å². The number of carbonyl (C=O) groups excluding carboxylic acids is 1. The van der Waals surface area contributed by atoms with E-state index in [1.165, 1.54) is 18.3 Å². The molecule has 1 N–H and O–H groups in total. The van der Waals surface area contributed by atoms with E-state index in [9.17, 15) is 9.18 Å². The van der Waals surface area contributed by atoms with Gasteiger partial charge in [0.05, 0.1) is 17.1 Å². The fourth-order valence-electron chi connectivity index (χ4n) is 2.21. The van der Waals surface area contributed by atoms with E-state index in [4.69, 9.17) is 4.74 Å². The van der Waals surface area contributed by atoms with Crippen molar-refractivity contribution in [2.45, 2.75) is 13.8 Å². The van der Waals surface area contributed by atoms with Crippen LogP contribution >= 0.6 is 0 Å². The minimum atomic E-state index is -0.506. The molecule has 7 heteroatoms. The zero-order valence-electron chi connectivity index (χ0n) is 13.7. The van der Waals surface area contributed by atoms with Gasteiger partial charge in [-0.3, -0.25) is 9.78 Å². The molecule has 0 spiro atoms. The first-order valence-corrected chi connectivity index (χ1v) is 7.54. The Bertz CT molecular complexity index is 893. The van der Waals surface area contributed by atoms with Gasteiger partial charge in [0.25, 0.3) is 5.91 Å². The lowest BCUT2D eigenvalue weighted by atomic mass is 10.2. The number of halogens is 1. The van der Waals surface area contributed by atoms with Crippen LogP contribution in [0.1, 0.15) is 21.9 Å². The molecule has 0 bridgehead atoms. The maximum Gasteiger partial charge on any atom is 0.322 e. The molecule has 1 amide bonds. The van der Waals surface area contributed by atoms with Gasteiger partial charge in [0.15, 0.2) is 11.6 Å². The van der Waals surface area contributed by atoms with Crippen LogP contribution in [-0.4, -0.2) is 20.9 Å². The molecule has 2 aromatic heterocycles. The number of benzene rings is 1. The highest BCUT2D eigenvalue weighted by atomic mass is 19.1. The molecule has 0 atom stereocenters. The quantitative estimate of drug-likeness (QED) is 0.785. The molecule has 0 aliphatic heterocycles. The molecule has 25 heavy (non-hydrogen) atoms. The van der Waals surface area contributed by atoms with Crippen LogP contribution < -0.4 is 10.1 Å². The zero-order valence-corrected chi connectivity index (χ0v) is 13.7. The highest BCUT2D eigenvalue weighted by molar-refractivity contribution is 6.03. The summed E-state index contributed by atoms with van der Waals surface area (Å²) in [5.41, 5.74) is 1.76. The smallest absolute Gasteiger partial charge is 0.322 e. The molecule has 3 rings (SSSR count). The number of rotatable bonds is 4. The number of anilines is 1. The van der Waals surface area contributed by atoms with Crippen molar-refractivity contribution in [3.05, 3.63) is 71.6 Å². The van der Waals surface area contributed by atoms with Crippen LogP contribution in [0, 0.1) is 19.7 Å². The lowest BCUT2D eigenvalue weighted by Crippen LogP contribution is -2.16. The summed E-state index contributed by atoms with van der Waals surface area (Å²) in [6.45, 7) is 3.41. The number of nitrogens with one attached hydrogen (secondary N) is 1. The van der Waals surface area contributed by atoms with Crippen molar-refractivity contribution < 1.29 is 13.9 Å². The van der Waals surface area contributed by atoms with Crippen LogP contribution in [-0.2, 0) is 0 Å². The number of carbonyl (C=O) groups is 1. The molecule has 6 nitrogen and oxygen atoms in total. The van der Waals surface area contributed by atoms with Crippen molar-refractivity contribution in [2.24, 2.45) is 0 Å². The van der Waals surface area contributed by atoms with Gasteiger partial charge in [-0.2, -0.15) is 9.97 Å². The van der Waals surface area contributed by atoms with Gasteiger partial charge in [0.2, 0.25) is 0 Å². The van der Waals surface area contributed by atoms with Gasteiger partial charge in [-0.15, -0.1) is 0 Å². The van der Waals surface area contributed by atoms with Crippen molar-refractivity contribution in [2.75, 3.05) is 5.32 Å². The Morgan fingerprint density at radius 1 is 1.04 bits per heavy atom. The van der Waals surface area contributed by atoms with E-state index < -0.39 is 5.82 Å². The van der Waals surface area contributed by atoms with Crippen molar-refractivity contribution in [3.63, 3.8) is 0 Å². The Balaban J connectivity index is 1.83. The monoisotopic (exact) mass is 338 g/mol. The first-order valence-electron chi connectivity index (χ1n) is 7.54. The van der Waals surface area contributed by atoms with E-state index in [0.29, 0.717) is 17.1 Å². The summed E-state index contributed by atoms with van der Waals surface area (Å²) in [5, 5.41) is 2.74. The summed E-state index contributed by atoms with van der Waals surface area (Å²) in [7, 11) is 0. The summed E-state index contributed by atoms with van der Waals surface area (Å²) >= 11 is 0. The third kappa shape index (κ3) is 3.77. The predicted molar refractivity (Wildman–Crippen MR) is 90.2 cm³/mol. The zero-order chi connectivity index (χ0) is 17.8. The summed E-state index contributed by atoms with van der Waals surface area (Å²) in [5.74, 6) is -0.835. The molecule has 126 valence electrons. The lowest BCUT2D eigenvalue weighted by molar-refractivity contribution is 0.102. The molecule has 0 saturated heterocycles. The molecule has 0 saturated carbocycles. The molecule has 0 radical (unpaired) electrons. The Kier molecular flexibility index (Phi) is 4.65. The van der Waals surface area contributed by atoms with E-state index in [0.717, 1.165) is 0 Å². The average molecular weight is 338 g/mol. The predicted octanol–water partition coefficient (Wildman–Crippen LogP) is 3.67. The Morgan fingerprint density at radius 3 is 2.36 bits per heavy atom. The molecule has 3 aromatic rings. The van der Waals surface area contributed by atoms with Crippen LogP contribution in [0.15, 0.2) is 48.7 Å². The van der Waals surface area contributed by atoms with Gasteiger partial charge in [0, 0.05) is 6.20 Å². The molecule has 0 fully saturated rings. The minimum Gasteiger partial charge on any atom is -0.421 e. The Morgan fingerprint density at radius 2 is 1.72 bits per heavy atom. The van der Waals surface area contributed by atoms with Gasteiger partial charge < -0.3 is 10.1 Å². The van der Waals surface area contributed by atoms with Gasteiger partial charge in [0.1, 0.15) is 5.69 Å². The molecule has 0 aliphatic carbocycles. The van der Waals surface area contributed by atoms with Crippen molar-refractivity contribution >= 4 is 11.6 Å². The fraction of sp³-hybridized carbons (Fsp3) is 0.111. The molecular formula is C18H15FN4O2. The lowest BCUT2D eigenvalue weighted by Gasteiger charge is -2.12.